The number of halogens is 1. The number of benzene rings is 1. The summed E-state index contributed by atoms with van der Waals surface area (Å²) in [7, 11) is 0. The molecule has 5 nitrogen and oxygen atoms in total. The molecule has 0 amide bonds. The van der Waals surface area contributed by atoms with E-state index >= 15 is 0 Å². The molecule has 1 aliphatic carbocycles. The maximum Gasteiger partial charge on any atom is 0.197 e. The number of ketones is 1. The Bertz CT molecular complexity index is 1200. The number of hydrogen-bond acceptors (Lipinski definition) is 6. The SMILES string of the molecule is C[C@@H]1CCCc2sc3ncn4c(SCC(=O)c5ccc(Br)cc5)nnc4c3c21. The first-order valence-electron chi connectivity index (χ1n) is 9.18. The summed E-state index contributed by atoms with van der Waals surface area (Å²) in [6, 6.07) is 7.43. The zero-order valence-electron chi connectivity index (χ0n) is 15.2. The summed E-state index contributed by atoms with van der Waals surface area (Å²) in [6.07, 6.45) is 5.36. The fraction of sp³-hybridized carbons (Fsp3) is 0.300. The summed E-state index contributed by atoms with van der Waals surface area (Å²) in [5.74, 6) is 0.917. The summed E-state index contributed by atoms with van der Waals surface area (Å²) in [6.45, 7) is 2.29. The third-order valence-electron chi connectivity index (χ3n) is 5.21. The van der Waals surface area contributed by atoms with Gasteiger partial charge in [-0.15, -0.1) is 21.5 Å². The first-order valence-corrected chi connectivity index (χ1v) is 11.8. The number of aryl methyl sites for hydroxylation is 1. The van der Waals surface area contributed by atoms with Gasteiger partial charge < -0.3 is 0 Å². The molecule has 0 radical (unpaired) electrons. The summed E-state index contributed by atoms with van der Waals surface area (Å²) in [4.78, 5) is 19.6. The van der Waals surface area contributed by atoms with Gasteiger partial charge in [-0.2, -0.15) is 0 Å². The van der Waals surface area contributed by atoms with E-state index in [-0.39, 0.29) is 5.78 Å². The molecule has 0 spiro atoms. The molecule has 4 aromatic rings. The normalized spacial score (nSPS) is 16.6. The van der Waals surface area contributed by atoms with E-state index in [2.05, 4.69) is 38.0 Å². The van der Waals surface area contributed by atoms with Gasteiger partial charge in [0.05, 0.1) is 11.1 Å². The molecule has 1 aliphatic rings. The summed E-state index contributed by atoms with van der Waals surface area (Å²) in [5, 5.41) is 10.7. The van der Waals surface area contributed by atoms with Crippen molar-refractivity contribution in [1.82, 2.24) is 19.6 Å². The molecule has 0 saturated heterocycles. The number of thioether (sulfide) groups is 1. The minimum Gasteiger partial charge on any atom is -0.293 e. The second-order valence-electron chi connectivity index (χ2n) is 7.05. The zero-order valence-corrected chi connectivity index (χ0v) is 18.4. The number of Topliss-reactive ketones (excluding diaryl/α,β-unsaturated/α-hetero) is 1. The van der Waals surface area contributed by atoms with Crippen LogP contribution in [0.4, 0.5) is 0 Å². The molecule has 28 heavy (non-hydrogen) atoms. The van der Waals surface area contributed by atoms with Crippen molar-refractivity contribution in [3.05, 3.63) is 51.1 Å². The molecule has 1 atom stereocenters. The van der Waals surface area contributed by atoms with E-state index in [9.17, 15) is 4.79 Å². The van der Waals surface area contributed by atoms with Crippen LogP contribution in [0, 0.1) is 0 Å². The van der Waals surface area contributed by atoms with Crippen molar-refractivity contribution in [3.8, 4) is 0 Å². The van der Waals surface area contributed by atoms with Crippen LogP contribution < -0.4 is 0 Å². The Hall–Kier alpha value is -1.77. The molecule has 0 N–H and O–H groups in total. The van der Waals surface area contributed by atoms with Crippen molar-refractivity contribution in [2.45, 2.75) is 37.3 Å². The van der Waals surface area contributed by atoms with E-state index in [1.54, 1.807) is 17.7 Å². The van der Waals surface area contributed by atoms with Crippen LogP contribution in [0.15, 0.2) is 40.2 Å². The van der Waals surface area contributed by atoms with Gasteiger partial charge in [-0.05, 0) is 42.9 Å². The van der Waals surface area contributed by atoms with Gasteiger partial charge in [0.25, 0.3) is 0 Å². The van der Waals surface area contributed by atoms with Crippen LogP contribution in [-0.4, -0.2) is 31.1 Å². The molecule has 0 fully saturated rings. The average Bonchev–Trinajstić information content (AvgIpc) is 3.28. The highest BCUT2D eigenvalue weighted by Crippen LogP contribution is 2.42. The van der Waals surface area contributed by atoms with Crippen LogP contribution in [0.2, 0.25) is 0 Å². The second kappa shape index (κ2) is 7.24. The molecule has 3 heterocycles. The number of nitrogens with zero attached hydrogens (tertiary/aromatic N) is 4. The lowest BCUT2D eigenvalue weighted by atomic mass is 9.87. The lowest BCUT2D eigenvalue weighted by Crippen LogP contribution is -2.04. The van der Waals surface area contributed by atoms with Gasteiger partial charge in [0, 0.05) is 14.9 Å². The highest BCUT2D eigenvalue weighted by atomic mass is 79.9. The number of rotatable bonds is 4. The van der Waals surface area contributed by atoms with Crippen LogP contribution in [-0.2, 0) is 6.42 Å². The van der Waals surface area contributed by atoms with Crippen molar-refractivity contribution in [3.63, 3.8) is 0 Å². The van der Waals surface area contributed by atoms with Crippen LogP contribution in [0.1, 0.15) is 46.5 Å². The highest BCUT2D eigenvalue weighted by molar-refractivity contribution is 9.10. The summed E-state index contributed by atoms with van der Waals surface area (Å²) >= 11 is 6.59. The fourth-order valence-electron chi connectivity index (χ4n) is 3.81. The van der Waals surface area contributed by atoms with Gasteiger partial charge in [0.15, 0.2) is 16.6 Å². The fourth-order valence-corrected chi connectivity index (χ4v) is 6.17. The second-order valence-corrected chi connectivity index (χ2v) is 9.99. The molecule has 8 heteroatoms. The third-order valence-corrected chi connectivity index (χ3v) is 7.86. The molecule has 1 aromatic carbocycles. The Morgan fingerprint density at radius 1 is 1.32 bits per heavy atom. The van der Waals surface area contributed by atoms with Crippen LogP contribution in [0.3, 0.4) is 0 Å². The topological polar surface area (TPSA) is 60.2 Å². The quantitative estimate of drug-likeness (QED) is 0.289. The average molecular weight is 473 g/mol. The predicted octanol–water partition coefficient (Wildman–Crippen LogP) is 5.52. The first-order chi connectivity index (χ1) is 13.6. The minimum atomic E-state index is 0.0739. The Morgan fingerprint density at radius 3 is 2.96 bits per heavy atom. The number of hydrogen-bond donors (Lipinski definition) is 0. The van der Waals surface area contributed by atoms with Crippen LogP contribution >= 0.6 is 39.0 Å². The maximum atomic E-state index is 12.5. The molecule has 0 unspecified atom stereocenters. The van der Waals surface area contributed by atoms with Crippen LogP contribution in [0.5, 0.6) is 0 Å². The molecule has 0 bridgehead atoms. The third kappa shape index (κ3) is 3.07. The summed E-state index contributed by atoms with van der Waals surface area (Å²) < 4.78 is 2.89. The zero-order chi connectivity index (χ0) is 19.3. The van der Waals surface area contributed by atoms with Crippen molar-refractivity contribution in [2.24, 2.45) is 0 Å². The standard InChI is InChI=1S/C20H17BrN4OS2/c1-11-3-2-4-15-16(11)17-18-23-24-20(25(18)10-22-19(17)28-15)27-9-14(26)12-5-7-13(21)8-6-12/h5-8,10-11H,2-4,9H2,1H3/t11-/m1/s1. The molecule has 0 aliphatic heterocycles. The van der Waals surface area contributed by atoms with E-state index in [4.69, 9.17) is 0 Å². The summed E-state index contributed by atoms with van der Waals surface area (Å²) in [5.41, 5.74) is 2.96. The van der Waals surface area contributed by atoms with Gasteiger partial charge in [0.2, 0.25) is 0 Å². The van der Waals surface area contributed by atoms with E-state index in [1.165, 1.54) is 35.0 Å². The maximum absolute atomic E-state index is 12.5. The molecule has 142 valence electrons. The number of fused-ring (bicyclic) bond motifs is 5. The minimum absolute atomic E-state index is 0.0739. The number of carbonyl (C=O) groups is 1. The highest BCUT2D eigenvalue weighted by Gasteiger charge is 2.25. The molecule has 3 aromatic heterocycles. The van der Waals surface area contributed by atoms with E-state index in [1.807, 2.05) is 28.7 Å². The first kappa shape index (κ1) is 18.3. The Labute approximate surface area is 178 Å². The van der Waals surface area contributed by atoms with Gasteiger partial charge in [0.1, 0.15) is 11.2 Å². The van der Waals surface area contributed by atoms with E-state index in [0.717, 1.165) is 26.8 Å². The lowest BCUT2D eigenvalue weighted by molar-refractivity contribution is 0.102. The molecular weight excluding hydrogens is 456 g/mol. The van der Waals surface area contributed by atoms with Gasteiger partial charge in [-0.1, -0.05) is 46.7 Å². The van der Waals surface area contributed by atoms with Crippen molar-refractivity contribution >= 4 is 60.7 Å². The number of carbonyl (C=O) groups excluding carboxylic acids is 1. The van der Waals surface area contributed by atoms with Gasteiger partial charge >= 0.3 is 0 Å². The Morgan fingerprint density at radius 2 is 2.14 bits per heavy atom. The molecule has 0 saturated carbocycles. The lowest BCUT2D eigenvalue weighted by Gasteiger charge is -2.18. The van der Waals surface area contributed by atoms with Gasteiger partial charge in [-0.25, -0.2) is 4.98 Å². The number of thiophene rings is 1. The van der Waals surface area contributed by atoms with Crippen molar-refractivity contribution in [1.29, 1.82) is 0 Å². The van der Waals surface area contributed by atoms with Crippen LogP contribution in [0.25, 0.3) is 15.9 Å². The van der Waals surface area contributed by atoms with Crippen molar-refractivity contribution < 1.29 is 4.79 Å². The molecular formula is C20H17BrN4OS2. The smallest absolute Gasteiger partial charge is 0.197 e. The van der Waals surface area contributed by atoms with Gasteiger partial charge in [-0.3, -0.25) is 9.20 Å². The molecule has 5 rings (SSSR count). The van der Waals surface area contributed by atoms with E-state index in [0.29, 0.717) is 22.4 Å². The number of aromatic nitrogens is 4. The Balaban J connectivity index is 1.48. The van der Waals surface area contributed by atoms with E-state index < -0.39 is 0 Å². The predicted molar refractivity (Wildman–Crippen MR) is 117 cm³/mol. The van der Waals surface area contributed by atoms with Crippen molar-refractivity contribution in [2.75, 3.05) is 5.75 Å². The Kier molecular flexibility index (Phi) is 4.72. The largest absolute Gasteiger partial charge is 0.293 e. The monoisotopic (exact) mass is 472 g/mol.